The van der Waals surface area contributed by atoms with Crippen molar-refractivity contribution in [2.45, 2.75) is 51.0 Å². The van der Waals surface area contributed by atoms with Crippen LogP contribution in [0.4, 0.5) is 0 Å². The maximum Gasteiger partial charge on any atom is 0.330 e. The summed E-state index contributed by atoms with van der Waals surface area (Å²) >= 11 is 0. The Morgan fingerprint density at radius 2 is 1.51 bits per heavy atom. The first-order valence-electron chi connectivity index (χ1n) is 14.1. The second-order valence-corrected chi connectivity index (χ2v) is 9.86. The molecule has 1 heterocycles. The zero-order chi connectivity index (χ0) is 29.6. The largest absolute Gasteiger partial charge is 0.493 e. The average Bonchev–Trinajstić information content (AvgIpc) is 3.00. The second kappa shape index (κ2) is 16.5. The average molecular weight is 570 g/mol. The van der Waals surface area contributed by atoms with E-state index in [0.29, 0.717) is 37.4 Å². The van der Waals surface area contributed by atoms with Crippen LogP contribution in [0, 0.1) is 0 Å². The van der Waals surface area contributed by atoms with Crippen molar-refractivity contribution >= 4 is 11.9 Å². The second-order valence-electron chi connectivity index (χ2n) is 9.86. The molecule has 0 unspecified atom stereocenters. The fourth-order valence-corrected chi connectivity index (χ4v) is 5.10. The Balaban J connectivity index is 1.60. The number of carbonyl (C=O) groups excluding carboxylic acids is 2. The molecule has 0 aliphatic carbocycles. The van der Waals surface area contributed by atoms with Gasteiger partial charge < -0.3 is 28.4 Å². The molecule has 0 spiro atoms. The zero-order valence-corrected chi connectivity index (χ0v) is 24.7. The van der Waals surface area contributed by atoms with E-state index >= 15 is 0 Å². The summed E-state index contributed by atoms with van der Waals surface area (Å²) in [7, 11) is 6.60. The van der Waals surface area contributed by atoms with Crippen LogP contribution in [-0.2, 0) is 31.9 Å². The summed E-state index contributed by atoms with van der Waals surface area (Å²) in [6.07, 6.45) is 6.05. The van der Waals surface area contributed by atoms with E-state index in [1.54, 1.807) is 28.4 Å². The van der Waals surface area contributed by atoms with Crippen molar-refractivity contribution in [2.75, 3.05) is 54.7 Å². The third-order valence-electron chi connectivity index (χ3n) is 7.28. The van der Waals surface area contributed by atoms with Gasteiger partial charge in [-0.05, 0) is 86.0 Å². The maximum absolute atomic E-state index is 12.1. The Hall–Kier alpha value is -3.72. The minimum Gasteiger partial charge on any atom is -0.493 e. The lowest BCUT2D eigenvalue weighted by Crippen LogP contribution is -2.37. The summed E-state index contributed by atoms with van der Waals surface area (Å²) in [5, 5.41) is 0. The van der Waals surface area contributed by atoms with Gasteiger partial charge in [-0.2, -0.15) is 0 Å². The van der Waals surface area contributed by atoms with Gasteiger partial charge in [0.1, 0.15) is 0 Å². The van der Waals surface area contributed by atoms with Crippen molar-refractivity contribution in [3.8, 4) is 23.0 Å². The number of nitrogens with zero attached hydrogens (tertiary/aromatic N) is 1. The predicted molar refractivity (Wildman–Crippen MR) is 156 cm³/mol. The van der Waals surface area contributed by atoms with Crippen LogP contribution in [0.3, 0.4) is 0 Å². The van der Waals surface area contributed by atoms with Gasteiger partial charge in [0.2, 0.25) is 0 Å². The van der Waals surface area contributed by atoms with Crippen molar-refractivity contribution in [2.24, 2.45) is 0 Å². The highest BCUT2D eigenvalue weighted by Gasteiger charge is 2.29. The lowest BCUT2D eigenvalue weighted by atomic mass is 9.88. The molecule has 1 aliphatic rings. The molecule has 1 atom stereocenters. The Morgan fingerprint density at radius 1 is 0.854 bits per heavy atom. The Bertz CT molecular complexity index is 1160. The first kappa shape index (κ1) is 31.8. The number of ether oxygens (including phenoxy) is 6. The molecule has 0 amide bonds. The van der Waals surface area contributed by atoms with Gasteiger partial charge in [0.15, 0.2) is 23.0 Å². The van der Waals surface area contributed by atoms with Gasteiger partial charge in [-0.15, -0.1) is 0 Å². The van der Waals surface area contributed by atoms with Crippen LogP contribution in [-0.4, -0.2) is 71.6 Å². The van der Waals surface area contributed by atoms with E-state index in [9.17, 15) is 9.59 Å². The molecule has 3 rings (SSSR count). The minimum atomic E-state index is -0.449. The fraction of sp³-hybridized carbons (Fsp3) is 0.500. The van der Waals surface area contributed by atoms with E-state index in [1.807, 2.05) is 12.1 Å². The number of carbonyl (C=O) groups is 2. The third-order valence-corrected chi connectivity index (χ3v) is 7.28. The van der Waals surface area contributed by atoms with Gasteiger partial charge in [-0.3, -0.25) is 9.69 Å². The van der Waals surface area contributed by atoms with Crippen LogP contribution in [0.1, 0.15) is 54.8 Å². The number of benzene rings is 2. The number of esters is 2. The topological polar surface area (TPSA) is 92.8 Å². The van der Waals surface area contributed by atoms with Crippen LogP contribution >= 0.6 is 0 Å². The number of unbranched alkanes of at least 4 members (excludes halogenated alkanes) is 2. The highest BCUT2D eigenvalue weighted by molar-refractivity contribution is 5.81. The standard InChI is InChI=1S/C32H43NO8/c1-6-31(34)40-17-9-7-11-32(35)41-18-10-8-15-33-16-14-24-21-29(38-4)30(39-5)22-25(24)26(33)19-23-12-13-27(36-2)28(20-23)37-3/h6,12-13,20-22,26H,1,7-11,14-19H2,2-5H3/t26-/m1/s1. The molecular weight excluding hydrogens is 526 g/mol. The van der Waals surface area contributed by atoms with Gasteiger partial charge in [0.25, 0.3) is 0 Å². The summed E-state index contributed by atoms with van der Waals surface area (Å²) in [5.41, 5.74) is 3.64. The molecular formula is C32H43NO8. The van der Waals surface area contributed by atoms with E-state index in [-0.39, 0.29) is 18.6 Å². The van der Waals surface area contributed by atoms with Crippen molar-refractivity contribution in [1.82, 2.24) is 4.90 Å². The van der Waals surface area contributed by atoms with E-state index in [1.165, 1.54) is 11.1 Å². The Labute approximate surface area is 243 Å². The van der Waals surface area contributed by atoms with Crippen LogP contribution < -0.4 is 18.9 Å². The lowest BCUT2D eigenvalue weighted by molar-refractivity contribution is -0.144. The first-order chi connectivity index (χ1) is 19.9. The van der Waals surface area contributed by atoms with Gasteiger partial charge in [0, 0.05) is 25.1 Å². The van der Waals surface area contributed by atoms with Crippen LogP contribution in [0.2, 0.25) is 0 Å². The minimum absolute atomic E-state index is 0.134. The van der Waals surface area contributed by atoms with E-state index in [0.717, 1.165) is 61.9 Å². The number of hydrogen-bond acceptors (Lipinski definition) is 9. The van der Waals surface area contributed by atoms with Crippen LogP contribution in [0.15, 0.2) is 43.0 Å². The zero-order valence-electron chi connectivity index (χ0n) is 24.7. The van der Waals surface area contributed by atoms with Gasteiger partial charge >= 0.3 is 11.9 Å². The van der Waals surface area contributed by atoms with Gasteiger partial charge in [-0.1, -0.05) is 12.6 Å². The van der Waals surface area contributed by atoms with Gasteiger partial charge in [-0.25, -0.2) is 4.79 Å². The normalized spacial score (nSPS) is 14.5. The third kappa shape index (κ3) is 9.14. The van der Waals surface area contributed by atoms with Crippen molar-refractivity contribution in [1.29, 1.82) is 0 Å². The van der Waals surface area contributed by atoms with Crippen LogP contribution in [0.25, 0.3) is 0 Å². The lowest BCUT2D eigenvalue weighted by Gasteiger charge is -2.38. The summed E-state index contributed by atoms with van der Waals surface area (Å²) < 4.78 is 32.5. The molecule has 1 aliphatic heterocycles. The van der Waals surface area contributed by atoms with E-state index in [4.69, 9.17) is 28.4 Å². The molecule has 0 bridgehead atoms. The predicted octanol–water partition coefficient (Wildman–Crippen LogP) is 5.09. The Morgan fingerprint density at radius 3 is 2.22 bits per heavy atom. The summed E-state index contributed by atoms with van der Waals surface area (Å²) in [4.78, 5) is 25.6. The molecule has 0 saturated heterocycles. The van der Waals surface area contributed by atoms with Crippen LogP contribution in [0.5, 0.6) is 23.0 Å². The molecule has 9 nitrogen and oxygen atoms in total. The smallest absolute Gasteiger partial charge is 0.330 e. The van der Waals surface area contributed by atoms with E-state index in [2.05, 4.69) is 29.7 Å². The molecule has 0 N–H and O–H groups in total. The van der Waals surface area contributed by atoms with Crippen molar-refractivity contribution in [3.05, 3.63) is 59.7 Å². The molecule has 41 heavy (non-hydrogen) atoms. The summed E-state index contributed by atoms with van der Waals surface area (Å²) in [5.74, 6) is 2.20. The van der Waals surface area contributed by atoms with Crippen molar-refractivity contribution in [3.63, 3.8) is 0 Å². The maximum atomic E-state index is 12.1. The molecule has 2 aromatic carbocycles. The highest BCUT2D eigenvalue weighted by Crippen LogP contribution is 2.40. The summed E-state index contributed by atoms with van der Waals surface area (Å²) in [6, 6.07) is 10.4. The van der Waals surface area contributed by atoms with Crippen molar-refractivity contribution < 1.29 is 38.0 Å². The Kier molecular flexibility index (Phi) is 12.8. The summed E-state index contributed by atoms with van der Waals surface area (Å²) in [6.45, 7) is 5.81. The molecule has 2 aromatic rings. The monoisotopic (exact) mass is 569 g/mol. The molecule has 0 radical (unpaired) electrons. The van der Waals surface area contributed by atoms with Gasteiger partial charge in [0.05, 0.1) is 41.7 Å². The SMILES string of the molecule is C=CC(=O)OCCCCC(=O)OCCCCN1CCc2cc(OC)c(OC)cc2[C@H]1Cc1ccc(OC)c(OC)c1. The number of fused-ring (bicyclic) bond motifs is 1. The molecule has 9 heteroatoms. The fourth-order valence-electron chi connectivity index (χ4n) is 5.10. The number of hydrogen-bond donors (Lipinski definition) is 0. The molecule has 0 saturated carbocycles. The highest BCUT2D eigenvalue weighted by atomic mass is 16.5. The van der Waals surface area contributed by atoms with E-state index < -0.39 is 5.97 Å². The molecule has 0 fully saturated rings. The first-order valence-corrected chi connectivity index (χ1v) is 14.1. The quantitative estimate of drug-likeness (QED) is 0.147. The molecule has 0 aromatic heterocycles. The number of rotatable bonds is 17. The number of methoxy groups -OCH3 is 4. The molecule has 224 valence electrons.